The Kier molecular flexibility index (Phi) is 6.47. The maximum absolute atomic E-state index is 5.90. The number of ether oxygens (including phenoxy) is 1. The summed E-state index contributed by atoms with van der Waals surface area (Å²) in [6.07, 6.45) is 3.05. The Hall–Kier alpha value is -1.62. The van der Waals surface area contributed by atoms with Gasteiger partial charge in [0, 0.05) is 31.5 Å². The molecule has 0 aliphatic carbocycles. The lowest BCUT2D eigenvalue weighted by Crippen LogP contribution is -2.42. The molecule has 114 valence electrons. The topological polar surface area (TPSA) is 45.7 Å². The van der Waals surface area contributed by atoms with Crippen LogP contribution in [0.3, 0.4) is 0 Å². The highest BCUT2D eigenvalue weighted by Gasteiger charge is 2.22. The van der Waals surface area contributed by atoms with Crippen molar-refractivity contribution in [2.75, 3.05) is 31.6 Å². The van der Waals surface area contributed by atoms with Gasteiger partial charge < -0.3 is 15.4 Å². The average molecular weight is 305 g/mol. The van der Waals surface area contributed by atoms with E-state index in [4.69, 9.17) is 4.74 Å². The quantitative estimate of drug-likeness (QED) is 0.350. The van der Waals surface area contributed by atoms with Gasteiger partial charge in [-0.3, -0.25) is 4.99 Å². The van der Waals surface area contributed by atoms with Gasteiger partial charge in [0.2, 0.25) is 0 Å². The summed E-state index contributed by atoms with van der Waals surface area (Å²) in [4.78, 5) is 4.23. The summed E-state index contributed by atoms with van der Waals surface area (Å²) in [5.41, 5.74) is 1.29. The molecule has 0 fully saturated rings. The van der Waals surface area contributed by atoms with Crippen molar-refractivity contribution >= 4 is 17.7 Å². The van der Waals surface area contributed by atoms with Crippen LogP contribution in [-0.4, -0.2) is 43.7 Å². The van der Waals surface area contributed by atoms with Gasteiger partial charge in [0.05, 0.1) is 6.54 Å². The Balaban J connectivity index is 1.66. The van der Waals surface area contributed by atoms with Gasteiger partial charge in [0.15, 0.2) is 5.96 Å². The van der Waals surface area contributed by atoms with E-state index in [2.05, 4.69) is 34.3 Å². The van der Waals surface area contributed by atoms with E-state index in [1.165, 1.54) is 5.56 Å². The van der Waals surface area contributed by atoms with Crippen molar-refractivity contribution in [3.05, 3.63) is 42.5 Å². The number of hydrogen-bond acceptors (Lipinski definition) is 3. The van der Waals surface area contributed by atoms with Crippen LogP contribution in [0.4, 0.5) is 0 Å². The maximum atomic E-state index is 5.90. The molecule has 1 atom stereocenters. The molecule has 0 saturated carbocycles. The van der Waals surface area contributed by atoms with E-state index in [1.807, 2.05) is 30.0 Å². The van der Waals surface area contributed by atoms with Crippen LogP contribution in [-0.2, 0) is 6.42 Å². The number of guanidine groups is 1. The average Bonchev–Trinajstić information content (AvgIpc) is 2.93. The molecule has 5 heteroatoms. The summed E-state index contributed by atoms with van der Waals surface area (Å²) in [5, 5.41) is 6.62. The third-order valence-electron chi connectivity index (χ3n) is 3.21. The van der Waals surface area contributed by atoms with Crippen molar-refractivity contribution < 1.29 is 4.74 Å². The van der Waals surface area contributed by atoms with E-state index in [0.29, 0.717) is 0 Å². The fraction of sp³-hybridized carbons (Fsp3) is 0.438. The second kappa shape index (κ2) is 8.62. The van der Waals surface area contributed by atoms with Gasteiger partial charge in [-0.2, -0.15) is 11.8 Å². The van der Waals surface area contributed by atoms with Gasteiger partial charge in [0.25, 0.3) is 0 Å². The van der Waals surface area contributed by atoms with Crippen LogP contribution in [0.1, 0.15) is 5.56 Å². The molecule has 2 rings (SSSR count). The van der Waals surface area contributed by atoms with Gasteiger partial charge in [-0.1, -0.05) is 24.3 Å². The minimum Gasteiger partial charge on any atom is -0.488 e. The third-order valence-corrected chi connectivity index (χ3v) is 4.17. The number of nitrogens with zero attached hydrogens (tertiary/aromatic N) is 1. The summed E-state index contributed by atoms with van der Waals surface area (Å²) < 4.78 is 5.90. The lowest BCUT2D eigenvalue weighted by atomic mass is 10.1. The van der Waals surface area contributed by atoms with E-state index in [0.717, 1.165) is 42.7 Å². The van der Waals surface area contributed by atoms with Gasteiger partial charge in [-0.25, -0.2) is 0 Å². The zero-order valence-corrected chi connectivity index (χ0v) is 13.3. The van der Waals surface area contributed by atoms with Crippen molar-refractivity contribution in [1.82, 2.24) is 10.6 Å². The fourth-order valence-electron chi connectivity index (χ4n) is 2.21. The zero-order chi connectivity index (χ0) is 14.9. The molecule has 1 aromatic carbocycles. The summed E-state index contributed by atoms with van der Waals surface area (Å²) >= 11 is 1.85. The highest BCUT2D eigenvalue weighted by atomic mass is 32.2. The van der Waals surface area contributed by atoms with Crippen LogP contribution in [0.15, 0.2) is 41.9 Å². The standard InChI is InChI=1S/C16H23N3OS/c1-3-9-21-10-8-18-16(17-2)19-12-14-11-13-6-4-5-7-15(13)20-14/h3-7,14H,1,8-12H2,2H3,(H2,17,18,19). The molecule has 1 aromatic rings. The first kappa shape index (κ1) is 15.8. The number of benzene rings is 1. The molecule has 2 N–H and O–H groups in total. The minimum absolute atomic E-state index is 0.177. The summed E-state index contributed by atoms with van der Waals surface area (Å²) in [6, 6.07) is 8.22. The first-order chi connectivity index (χ1) is 10.3. The Morgan fingerprint density at radius 2 is 2.33 bits per heavy atom. The number of thioether (sulfide) groups is 1. The SMILES string of the molecule is C=CCSCCNC(=NC)NCC1Cc2ccccc2O1. The Bertz CT molecular complexity index is 465. The fourth-order valence-corrected chi connectivity index (χ4v) is 2.79. The number of rotatable bonds is 7. The first-order valence-electron chi connectivity index (χ1n) is 7.21. The van der Waals surface area contributed by atoms with E-state index in [1.54, 1.807) is 7.05 Å². The predicted molar refractivity (Wildman–Crippen MR) is 91.4 cm³/mol. The molecule has 1 heterocycles. The Labute approximate surface area is 131 Å². The van der Waals surface area contributed by atoms with Gasteiger partial charge >= 0.3 is 0 Å². The van der Waals surface area contributed by atoms with Crippen LogP contribution in [0.5, 0.6) is 5.75 Å². The summed E-state index contributed by atoms with van der Waals surface area (Å²) in [5.74, 6) is 3.86. The number of nitrogens with one attached hydrogen (secondary N) is 2. The second-order valence-electron chi connectivity index (χ2n) is 4.80. The minimum atomic E-state index is 0.177. The number of para-hydroxylation sites is 1. The van der Waals surface area contributed by atoms with Crippen LogP contribution >= 0.6 is 11.8 Å². The van der Waals surface area contributed by atoms with E-state index in [9.17, 15) is 0 Å². The first-order valence-corrected chi connectivity index (χ1v) is 8.36. The molecular weight excluding hydrogens is 282 g/mol. The molecule has 1 unspecified atom stereocenters. The van der Waals surface area contributed by atoms with Gasteiger partial charge in [-0.15, -0.1) is 6.58 Å². The Morgan fingerprint density at radius 3 is 3.10 bits per heavy atom. The van der Waals surface area contributed by atoms with E-state index < -0.39 is 0 Å². The van der Waals surface area contributed by atoms with Crippen LogP contribution < -0.4 is 15.4 Å². The third kappa shape index (κ3) is 5.01. The normalized spacial score (nSPS) is 17.0. The number of hydrogen-bond donors (Lipinski definition) is 2. The monoisotopic (exact) mass is 305 g/mol. The molecular formula is C16H23N3OS. The predicted octanol–water partition coefficient (Wildman–Crippen LogP) is 2.07. The van der Waals surface area contributed by atoms with Crippen molar-refractivity contribution in [3.63, 3.8) is 0 Å². The van der Waals surface area contributed by atoms with E-state index in [-0.39, 0.29) is 6.10 Å². The van der Waals surface area contributed by atoms with Crippen LogP contribution in [0.25, 0.3) is 0 Å². The van der Waals surface area contributed by atoms with Crippen molar-refractivity contribution in [2.24, 2.45) is 4.99 Å². The smallest absolute Gasteiger partial charge is 0.191 e. The second-order valence-corrected chi connectivity index (χ2v) is 5.95. The number of aliphatic imine (C=N–C) groups is 1. The lowest BCUT2D eigenvalue weighted by molar-refractivity contribution is 0.235. The molecule has 0 amide bonds. The van der Waals surface area contributed by atoms with Gasteiger partial charge in [-0.05, 0) is 11.6 Å². The van der Waals surface area contributed by atoms with Crippen LogP contribution in [0, 0.1) is 0 Å². The molecule has 4 nitrogen and oxygen atoms in total. The molecule has 1 aliphatic heterocycles. The molecule has 0 radical (unpaired) electrons. The maximum Gasteiger partial charge on any atom is 0.191 e. The Morgan fingerprint density at radius 1 is 1.48 bits per heavy atom. The van der Waals surface area contributed by atoms with Crippen molar-refractivity contribution in [3.8, 4) is 5.75 Å². The summed E-state index contributed by atoms with van der Waals surface area (Å²) in [7, 11) is 1.79. The molecule has 0 bridgehead atoms. The lowest BCUT2D eigenvalue weighted by Gasteiger charge is -2.15. The highest BCUT2D eigenvalue weighted by molar-refractivity contribution is 7.99. The van der Waals surface area contributed by atoms with Crippen molar-refractivity contribution in [2.45, 2.75) is 12.5 Å². The molecule has 0 aromatic heterocycles. The number of fused-ring (bicyclic) bond motifs is 1. The molecule has 0 saturated heterocycles. The van der Waals surface area contributed by atoms with Gasteiger partial charge in [0.1, 0.15) is 11.9 Å². The van der Waals surface area contributed by atoms with Crippen molar-refractivity contribution in [1.29, 1.82) is 0 Å². The van der Waals surface area contributed by atoms with Crippen LogP contribution in [0.2, 0.25) is 0 Å². The largest absolute Gasteiger partial charge is 0.488 e. The summed E-state index contributed by atoms with van der Waals surface area (Å²) in [6.45, 7) is 5.36. The molecule has 21 heavy (non-hydrogen) atoms. The zero-order valence-electron chi connectivity index (χ0n) is 12.5. The van der Waals surface area contributed by atoms with E-state index >= 15 is 0 Å². The molecule has 0 spiro atoms. The highest BCUT2D eigenvalue weighted by Crippen LogP contribution is 2.27. The molecule has 1 aliphatic rings.